The molecule has 0 aliphatic carbocycles. The van der Waals surface area contributed by atoms with Crippen LogP contribution in [0.15, 0.2) is 45.9 Å². The molecule has 1 aliphatic heterocycles. The van der Waals surface area contributed by atoms with E-state index in [1.165, 1.54) is 6.92 Å². The summed E-state index contributed by atoms with van der Waals surface area (Å²) in [5.74, 6) is 1.31. The van der Waals surface area contributed by atoms with Gasteiger partial charge >= 0.3 is 0 Å². The molecule has 0 radical (unpaired) electrons. The number of para-hydroxylation sites is 1. The zero-order chi connectivity index (χ0) is 18.8. The van der Waals surface area contributed by atoms with Crippen molar-refractivity contribution in [1.82, 2.24) is 5.32 Å². The normalized spacial score (nSPS) is 17.8. The molecule has 0 saturated heterocycles. The molecule has 0 spiro atoms. The molecule has 6 nitrogen and oxygen atoms in total. The first-order chi connectivity index (χ1) is 12.4. The van der Waals surface area contributed by atoms with Crippen LogP contribution in [-0.4, -0.2) is 23.4 Å². The van der Waals surface area contributed by atoms with E-state index in [-0.39, 0.29) is 17.7 Å². The average molecular weight is 353 g/mol. The fourth-order valence-corrected chi connectivity index (χ4v) is 3.22. The van der Waals surface area contributed by atoms with Crippen LogP contribution in [0.5, 0.6) is 0 Å². The fourth-order valence-electron chi connectivity index (χ4n) is 3.22. The molecule has 3 rings (SSSR count). The zero-order valence-electron chi connectivity index (χ0n) is 15.4. The standard InChI is InChI=1S/C20H23N3O3/c1-12-10-17(15(4)26-12)13(2)21-20(25)18-11-19(14(3)24)23(22-18)16-8-6-5-7-9-16/h5-10,13,19H,11H2,1-4H3,(H,21,25)/t13-,19+/m0/s1. The van der Waals surface area contributed by atoms with Gasteiger partial charge in [-0.1, -0.05) is 18.2 Å². The molecule has 0 bridgehead atoms. The molecule has 1 N–H and O–H groups in total. The summed E-state index contributed by atoms with van der Waals surface area (Å²) in [4.78, 5) is 24.7. The molecule has 6 heteroatoms. The van der Waals surface area contributed by atoms with Crippen molar-refractivity contribution < 1.29 is 14.0 Å². The molecule has 2 aromatic rings. The number of carbonyl (C=O) groups excluding carboxylic acids is 2. The van der Waals surface area contributed by atoms with Gasteiger partial charge in [-0.3, -0.25) is 14.6 Å². The van der Waals surface area contributed by atoms with Crippen molar-refractivity contribution >= 4 is 23.1 Å². The Kier molecular flexibility index (Phi) is 4.93. The van der Waals surface area contributed by atoms with Gasteiger partial charge in [0, 0.05) is 12.0 Å². The fraction of sp³-hybridized carbons (Fsp3) is 0.350. The third kappa shape index (κ3) is 3.54. The van der Waals surface area contributed by atoms with E-state index in [0.29, 0.717) is 12.1 Å². The van der Waals surface area contributed by atoms with E-state index in [0.717, 1.165) is 22.8 Å². The van der Waals surface area contributed by atoms with Gasteiger partial charge in [0.2, 0.25) is 0 Å². The smallest absolute Gasteiger partial charge is 0.268 e. The number of aryl methyl sites for hydroxylation is 2. The van der Waals surface area contributed by atoms with Gasteiger partial charge in [0.1, 0.15) is 23.3 Å². The van der Waals surface area contributed by atoms with Gasteiger partial charge in [0.25, 0.3) is 5.91 Å². The highest BCUT2D eigenvalue weighted by Crippen LogP contribution is 2.26. The first kappa shape index (κ1) is 17.9. The van der Waals surface area contributed by atoms with E-state index < -0.39 is 6.04 Å². The molecular weight excluding hydrogens is 330 g/mol. The molecule has 26 heavy (non-hydrogen) atoms. The maximum Gasteiger partial charge on any atom is 0.268 e. The number of hydrogen-bond donors (Lipinski definition) is 1. The van der Waals surface area contributed by atoms with E-state index in [9.17, 15) is 9.59 Å². The molecule has 1 aromatic carbocycles. The van der Waals surface area contributed by atoms with Crippen molar-refractivity contribution in [1.29, 1.82) is 0 Å². The van der Waals surface area contributed by atoms with Gasteiger partial charge in [-0.2, -0.15) is 5.10 Å². The summed E-state index contributed by atoms with van der Waals surface area (Å²) in [5, 5.41) is 9.02. The molecule has 1 amide bonds. The Balaban J connectivity index is 1.78. The van der Waals surface area contributed by atoms with Crippen LogP contribution in [0.25, 0.3) is 0 Å². The minimum Gasteiger partial charge on any atom is -0.466 e. The molecule has 136 valence electrons. The van der Waals surface area contributed by atoms with Gasteiger partial charge in [-0.25, -0.2) is 0 Å². The highest BCUT2D eigenvalue weighted by molar-refractivity contribution is 6.40. The summed E-state index contributed by atoms with van der Waals surface area (Å²) in [6, 6.07) is 10.7. The summed E-state index contributed by atoms with van der Waals surface area (Å²) in [5.41, 5.74) is 2.10. The molecule has 2 heterocycles. The van der Waals surface area contributed by atoms with E-state index in [4.69, 9.17) is 4.42 Å². The summed E-state index contributed by atoms with van der Waals surface area (Å²) in [6.07, 6.45) is 0.298. The lowest BCUT2D eigenvalue weighted by Crippen LogP contribution is -2.35. The number of hydrogen-bond acceptors (Lipinski definition) is 5. The van der Waals surface area contributed by atoms with Gasteiger partial charge in [-0.15, -0.1) is 0 Å². The molecular formula is C20H23N3O3. The Hall–Kier alpha value is -2.89. The third-order valence-electron chi connectivity index (χ3n) is 4.56. The van der Waals surface area contributed by atoms with Crippen LogP contribution in [0.4, 0.5) is 5.69 Å². The van der Waals surface area contributed by atoms with E-state index in [1.807, 2.05) is 57.2 Å². The largest absolute Gasteiger partial charge is 0.466 e. The molecule has 0 saturated carbocycles. The number of carbonyl (C=O) groups is 2. The van der Waals surface area contributed by atoms with E-state index in [2.05, 4.69) is 10.4 Å². The number of hydrazone groups is 1. The van der Waals surface area contributed by atoms with Crippen molar-refractivity contribution in [3.8, 4) is 0 Å². The second-order valence-electron chi connectivity index (χ2n) is 6.62. The van der Waals surface area contributed by atoms with E-state index in [1.54, 1.807) is 5.01 Å². The molecule has 1 aromatic heterocycles. The molecule has 2 atom stereocenters. The Morgan fingerprint density at radius 3 is 2.54 bits per heavy atom. The Labute approximate surface area is 152 Å². The second kappa shape index (κ2) is 7.15. The van der Waals surface area contributed by atoms with Crippen molar-refractivity contribution in [3.05, 3.63) is 53.5 Å². The van der Waals surface area contributed by atoms with E-state index >= 15 is 0 Å². The monoisotopic (exact) mass is 353 g/mol. The van der Waals surface area contributed by atoms with Gasteiger partial charge in [-0.05, 0) is 45.9 Å². The number of benzene rings is 1. The lowest BCUT2D eigenvalue weighted by molar-refractivity contribution is -0.118. The van der Waals surface area contributed by atoms with Crippen molar-refractivity contribution in [2.24, 2.45) is 5.10 Å². The number of anilines is 1. The third-order valence-corrected chi connectivity index (χ3v) is 4.56. The van der Waals surface area contributed by atoms with Crippen LogP contribution in [0.3, 0.4) is 0 Å². The molecule has 0 fully saturated rings. The van der Waals surface area contributed by atoms with Gasteiger partial charge < -0.3 is 9.73 Å². The number of rotatable bonds is 5. The van der Waals surface area contributed by atoms with Crippen LogP contribution >= 0.6 is 0 Å². The Morgan fingerprint density at radius 2 is 1.96 bits per heavy atom. The quantitative estimate of drug-likeness (QED) is 0.895. The van der Waals surface area contributed by atoms with Crippen LogP contribution in [0.1, 0.15) is 43.4 Å². The summed E-state index contributed by atoms with van der Waals surface area (Å²) >= 11 is 0. The highest BCUT2D eigenvalue weighted by Gasteiger charge is 2.34. The maximum absolute atomic E-state index is 12.7. The number of ketones is 1. The Morgan fingerprint density at radius 1 is 1.27 bits per heavy atom. The average Bonchev–Trinajstić information content (AvgIpc) is 3.19. The maximum atomic E-state index is 12.7. The van der Waals surface area contributed by atoms with Gasteiger partial charge in [0.15, 0.2) is 5.78 Å². The highest BCUT2D eigenvalue weighted by atomic mass is 16.3. The van der Waals surface area contributed by atoms with Crippen LogP contribution < -0.4 is 10.3 Å². The first-order valence-electron chi connectivity index (χ1n) is 8.67. The van der Waals surface area contributed by atoms with Crippen LogP contribution in [0.2, 0.25) is 0 Å². The van der Waals surface area contributed by atoms with Crippen LogP contribution in [0, 0.1) is 13.8 Å². The predicted octanol–water partition coefficient (Wildman–Crippen LogP) is 3.30. The second-order valence-corrected chi connectivity index (χ2v) is 6.62. The first-order valence-corrected chi connectivity index (χ1v) is 8.67. The molecule has 1 aliphatic rings. The number of nitrogens with zero attached hydrogens (tertiary/aromatic N) is 2. The topological polar surface area (TPSA) is 74.9 Å². The SMILES string of the molecule is CC(=O)[C@H]1CC(C(=O)N[C@@H](C)c2cc(C)oc2C)=NN1c1ccccc1. The lowest BCUT2D eigenvalue weighted by Gasteiger charge is -2.20. The number of amides is 1. The van der Waals surface area contributed by atoms with Crippen LogP contribution in [-0.2, 0) is 9.59 Å². The summed E-state index contributed by atoms with van der Waals surface area (Å²) in [7, 11) is 0. The Bertz CT molecular complexity index is 854. The summed E-state index contributed by atoms with van der Waals surface area (Å²) in [6.45, 7) is 7.18. The zero-order valence-corrected chi connectivity index (χ0v) is 15.4. The minimum atomic E-state index is -0.452. The minimum absolute atomic E-state index is 0.0187. The van der Waals surface area contributed by atoms with Crippen molar-refractivity contribution in [3.63, 3.8) is 0 Å². The lowest BCUT2D eigenvalue weighted by atomic mass is 10.1. The number of furan rings is 1. The molecule has 0 unspecified atom stereocenters. The number of Topliss-reactive ketones (excluding diaryl/α,β-unsaturated/α-hetero) is 1. The van der Waals surface area contributed by atoms with Crippen molar-refractivity contribution in [2.75, 3.05) is 5.01 Å². The predicted molar refractivity (Wildman–Crippen MR) is 100 cm³/mol. The summed E-state index contributed by atoms with van der Waals surface area (Å²) < 4.78 is 5.53. The van der Waals surface area contributed by atoms with Gasteiger partial charge in [0.05, 0.1) is 11.7 Å². The number of nitrogens with one attached hydrogen (secondary N) is 1. The van der Waals surface area contributed by atoms with Crippen molar-refractivity contribution in [2.45, 2.75) is 46.2 Å².